The summed E-state index contributed by atoms with van der Waals surface area (Å²) in [5.74, 6) is -1.65. The number of hydrogen-bond acceptors (Lipinski definition) is 7. The Balaban J connectivity index is 1.42. The quantitative estimate of drug-likeness (QED) is 0.0590. The zero-order valence-corrected chi connectivity index (χ0v) is 26.6. The van der Waals surface area contributed by atoms with Gasteiger partial charge in [0, 0.05) is 11.8 Å². The number of allylic oxidation sites excluding steroid dienone is 4. The van der Waals surface area contributed by atoms with Gasteiger partial charge in [-0.15, -0.1) is 0 Å². The van der Waals surface area contributed by atoms with Crippen LogP contribution in [0, 0.1) is 10.1 Å². The number of amidine groups is 1. The molecule has 2 heterocycles. The highest BCUT2D eigenvalue weighted by molar-refractivity contribution is 8.14. The molecule has 0 saturated heterocycles. The number of nitrogens with zero attached hydrogens (tertiary/aromatic N) is 3. The predicted octanol–water partition coefficient (Wildman–Crippen LogP) is 7.25. The third-order valence-corrected chi connectivity index (χ3v) is 8.13. The summed E-state index contributed by atoms with van der Waals surface area (Å²) < 4.78 is 5.81. The molecule has 0 aliphatic carbocycles. The van der Waals surface area contributed by atoms with Gasteiger partial charge in [-0.1, -0.05) is 109 Å². The molecule has 0 unspecified atom stereocenters. The molecule has 0 fully saturated rings. The molecule has 1 aliphatic rings. The number of amides is 3. The predicted molar refractivity (Wildman–Crippen MR) is 186 cm³/mol. The highest BCUT2D eigenvalue weighted by Crippen LogP contribution is 2.32. The van der Waals surface area contributed by atoms with E-state index in [4.69, 9.17) is 4.42 Å². The molecule has 0 radical (unpaired) electrons. The number of benzene rings is 3. The summed E-state index contributed by atoms with van der Waals surface area (Å²) in [4.78, 5) is 57.0. The smallest absolute Gasteiger partial charge is 0.285 e. The molecular weight excluding hydrogens is 628 g/mol. The van der Waals surface area contributed by atoms with Crippen molar-refractivity contribution in [3.05, 3.63) is 166 Å². The van der Waals surface area contributed by atoms with Crippen molar-refractivity contribution in [2.24, 2.45) is 4.99 Å². The number of para-hydroxylation sites is 1. The lowest BCUT2D eigenvalue weighted by molar-refractivity contribution is -0.384. The van der Waals surface area contributed by atoms with Crippen LogP contribution in [0.5, 0.6) is 0 Å². The highest BCUT2D eigenvalue weighted by Gasteiger charge is 2.35. The molecule has 10 nitrogen and oxygen atoms in total. The van der Waals surface area contributed by atoms with Gasteiger partial charge in [0.15, 0.2) is 5.17 Å². The Morgan fingerprint density at radius 2 is 1.65 bits per heavy atom. The third-order valence-electron chi connectivity index (χ3n) is 7.19. The Morgan fingerprint density at radius 3 is 2.27 bits per heavy atom. The second kappa shape index (κ2) is 15.5. The maximum absolute atomic E-state index is 13.9. The van der Waals surface area contributed by atoms with Crippen LogP contribution in [-0.4, -0.2) is 38.5 Å². The molecular formula is C37H30N4O6S. The third kappa shape index (κ3) is 7.65. The van der Waals surface area contributed by atoms with Crippen LogP contribution in [0.4, 0.5) is 5.69 Å². The van der Waals surface area contributed by atoms with E-state index in [-0.39, 0.29) is 45.2 Å². The Bertz CT molecular complexity index is 1940. The lowest BCUT2D eigenvalue weighted by atomic mass is 9.99. The fraction of sp³-hybridized carbons (Fsp3) is 0.0811. The first kappa shape index (κ1) is 33.3. The SMILES string of the molecule is C=C/C=C\C(=C/C)N1C(=O)/C(=C\c2ccc(-c3ccccc3[N+](=O)[O-])o2)C(=O)N=C1SCC(=O)NC(c1ccccc1)c1ccccc1. The van der Waals surface area contributed by atoms with Crippen LogP contribution in [0.25, 0.3) is 17.4 Å². The number of aliphatic imine (C=N–C) groups is 1. The largest absolute Gasteiger partial charge is 0.456 e. The first-order chi connectivity index (χ1) is 23.3. The standard InChI is InChI=1S/C37H30N4O6S/c1-3-5-18-27(4-2)40-36(44)30(23-28-21-22-32(47-28)29-19-12-13-20-31(29)41(45)46)35(43)39-37(40)48-24-33(42)38-34(25-14-8-6-9-15-25)26-16-10-7-11-17-26/h3-23,34H,1,24H2,2H3,(H,38,42)/b18-5-,27-4+,30-23-. The normalized spacial score (nSPS) is 14.5. The number of carbonyl (C=O) groups is 3. The maximum Gasteiger partial charge on any atom is 0.285 e. The fourth-order valence-electron chi connectivity index (χ4n) is 4.95. The van der Waals surface area contributed by atoms with Gasteiger partial charge in [0.25, 0.3) is 17.5 Å². The van der Waals surface area contributed by atoms with E-state index in [0.29, 0.717) is 5.70 Å². The van der Waals surface area contributed by atoms with Crippen LogP contribution in [0.15, 0.2) is 149 Å². The van der Waals surface area contributed by atoms with E-state index in [1.165, 1.54) is 35.3 Å². The number of rotatable bonds is 11. The van der Waals surface area contributed by atoms with E-state index in [2.05, 4.69) is 16.9 Å². The van der Waals surface area contributed by atoms with E-state index in [1.54, 1.807) is 43.4 Å². The van der Waals surface area contributed by atoms with E-state index < -0.39 is 22.8 Å². The van der Waals surface area contributed by atoms with Crippen molar-refractivity contribution >= 4 is 46.4 Å². The molecule has 48 heavy (non-hydrogen) atoms. The Kier molecular flexibility index (Phi) is 10.7. The fourth-order valence-corrected chi connectivity index (χ4v) is 5.76. The number of nitro benzene ring substituents is 1. The molecule has 3 amide bonds. The summed E-state index contributed by atoms with van der Waals surface area (Å²) in [6, 6.07) is 27.8. The van der Waals surface area contributed by atoms with Gasteiger partial charge >= 0.3 is 0 Å². The summed E-state index contributed by atoms with van der Waals surface area (Å²) in [7, 11) is 0. The Labute approximate surface area is 281 Å². The zero-order valence-electron chi connectivity index (χ0n) is 25.8. The van der Waals surface area contributed by atoms with Gasteiger partial charge in [-0.3, -0.25) is 29.4 Å². The van der Waals surface area contributed by atoms with E-state index in [1.807, 2.05) is 60.7 Å². The number of nitro groups is 1. The average molecular weight is 659 g/mol. The van der Waals surface area contributed by atoms with Crippen molar-refractivity contribution < 1.29 is 23.7 Å². The zero-order chi connectivity index (χ0) is 34.0. The summed E-state index contributed by atoms with van der Waals surface area (Å²) in [5, 5.41) is 14.6. The van der Waals surface area contributed by atoms with Gasteiger partial charge in [0.05, 0.1) is 22.3 Å². The average Bonchev–Trinajstić information content (AvgIpc) is 3.58. The van der Waals surface area contributed by atoms with Crippen molar-refractivity contribution in [3.8, 4) is 11.3 Å². The molecule has 0 saturated carbocycles. The molecule has 1 N–H and O–H groups in total. The van der Waals surface area contributed by atoms with Crippen molar-refractivity contribution in [2.75, 3.05) is 5.75 Å². The van der Waals surface area contributed by atoms with E-state index in [9.17, 15) is 24.5 Å². The van der Waals surface area contributed by atoms with Crippen LogP contribution in [0.3, 0.4) is 0 Å². The van der Waals surface area contributed by atoms with Crippen LogP contribution < -0.4 is 5.32 Å². The second-order valence-corrected chi connectivity index (χ2v) is 11.2. The molecule has 4 aromatic rings. The maximum atomic E-state index is 13.9. The summed E-state index contributed by atoms with van der Waals surface area (Å²) in [6.45, 7) is 5.41. The van der Waals surface area contributed by atoms with E-state index in [0.717, 1.165) is 22.9 Å². The molecule has 1 aromatic heterocycles. The molecule has 240 valence electrons. The lowest BCUT2D eigenvalue weighted by Gasteiger charge is -2.28. The summed E-state index contributed by atoms with van der Waals surface area (Å²) in [5.41, 5.74) is 2.00. The molecule has 5 rings (SSSR count). The van der Waals surface area contributed by atoms with Gasteiger partial charge < -0.3 is 9.73 Å². The number of carbonyl (C=O) groups excluding carboxylic acids is 3. The van der Waals surface area contributed by atoms with Crippen LogP contribution in [-0.2, 0) is 14.4 Å². The van der Waals surface area contributed by atoms with E-state index >= 15 is 0 Å². The van der Waals surface area contributed by atoms with Crippen molar-refractivity contribution in [1.82, 2.24) is 10.2 Å². The lowest BCUT2D eigenvalue weighted by Crippen LogP contribution is -2.42. The first-order valence-corrected chi connectivity index (χ1v) is 15.8. The number of hydrogen-bond donors (Lipinski definition) is 1. The van der Waals surface area contributed by atoms with Gasteiger partial charge in [-0.05, 0) is 48.4 Å². The minimum Gasteiger partial charge on any atom is -0.456 e. The van der Waals surface area contributed by atoms with Crippen LogP contribution >= 0.6 is 11.8 Å². The van der Waals surface area contributed by atoms with Crippen molar-refractivity contribution in [2.45, 2.75) is 13.0 Å². The number of thioether (sulfide) groups is 1. The monoisotopic (exact) mass is 658 g/mol. The second-order valence-electron chi connectivity index (χ2n) is 10.3. The van der Waals surface area contributed by atoms with Crippen LogP contribution in [0.2, 0.25) is 0 Å². The van der Waals surface area contributed by atoms with Gasteiger partial charge in [-0.25, -0.2) is 0 Å². The number of nitrogens with one attached hydrogen (secondary N) is 1. The molecule has 0 bridgehead atoms. The topological polar surface area (TPSA) is 135 Å². The van der Waals surface area contributed by atoms with Crippen LogP contribution in [0.1, 0.15) is 29.9 Å². The molecule has 0 atom stereocenters. The minimum absolute atomic E-state index is 0.0233. The van der Waals surface area contributed by atoms with Gasteiger partial charge in [0.1, 0.15) is 17.1 Å². The summed E-state index contributed by atoms with van der Waals surface area (Å²) >= 11 is 0.952. The van der Waals surface area contributed by atoms with Crippen molar-refractivity contribution in [3.63, 3.8) is 0 Å². The number of furan rings is 1. The van der Waals surface area contributed by atoms with Crippen molar-refractivity contribution in [1.29, 1.82) is 0 Å². The summed E-state index contributed by atoms with van der Waals surface area (Å²) in [6.07, 6.45) is 7.73. The minimum atomic E-state index is -0.822. The Morgan fingerprint density at radius 1 is 1.00 bits per heavy atom. The first-order valence-electron chi connectivity index (χ1n) is 14.8. The molecule has 11 heteroatoms. The molecule has 3 aromatic carbocycles. The molecule has 0 spiro atoms. The van der Waals surface area contributed by atoms with Gasteiger partial charge in [0.2, 0.25) is 5.91 Å². The molecule has 1 aliphatic heterocycles. The Hall–Kier alpha value is -6.07. The van der Waals surface area contributed by atoms with Gasteiger partial charge in [-0.2, -0.15) is 4.99 Å². The highest BCUT2D eigenvalue weighted by atomic mass is 32.2.